The summed E-state index contributed by atoms with van der Waals surface area (Å²) in [5, 5.41) is 60.7. The number of aliphatic hydroxyl groups is 1. The number of aromatic hydroxyl groups is 1. The standard InChI is InChI=1S/C48H79N13O18Si/c1-7-27(2)40(45(73)55-25-38(66)58-34(26-62)43(71)59-31(11-8-17-52-48(49)50)41(69)53-23-36(64)56-28(3)47(75)76)60-42(70)32(21-29-13-15-30(63)16-14-29)57-37(65)24-54-44(72)35-12-9-19-61(35)46(74)33(22-39(67)68)51-18-10-20-80(77-4,78-5)79-6/h13-16,27-28,31-35,40,51,62-63H,7-12,17-26H2,1-6H3,(H,53,69)(H,54,72)(H,55,73)(H,56,64)(H,57,65)(H,58,66)(H,59,71)(H,60,70)(H,67,68)(H,75,76)(H4,49,50,52)/t27-,28-,31-,32-,33-,34-,35-,40-/m0/s1. The number of likely N-dealkylation sites (tertiary alicyclic amines) is 1. The van der Waals surface area contributed by atoms with E-state index >= 15 is 0 Å². The summed E-state index contributed by atoms with van der Waals surface area (Å²) in [5.74, 6) is -11.2. The molecule has 0 bridgehead atoms. The molecule has 1 aliphatic heterocycles. The molecule has 0 unspecified atom stereocenters. The van der Waals surface area contributed by atoms with Gasteiger partial charge in [-0.25, -0.2) is 0 Å². The molecular formula is C48H79N13O18Si. The number of rotatable bonds is 37. The number of carbonyl (C=O) groups excluding carboxylic acids is 9. The first kappa shape index (κ1) is 68.6. The van der Waals surface area contributed by atoms with Gasteiger partial charge in [0.25, 0.3) is 0 Å². The number of amides is 9. The lowest BCUT2D eigenvalue weighted by molar-refractivity contribution is -0.144. The van der Waals surface area contributed by atoms with E-state index in [0.717, 1.165) is 0 Å². The number of aliphatic imine (C=N–C) groups is 1. The van der Waals surface area contributed by atoms with Crippen LogP contribution in [-0.2, 0) is 72.4 Å². The predicted molar refractivity (Wildman–Crippen MR) is 285 cm³/mol. The molecule has 0 aliphatic carbocycles. The van der Waals surface area contributed by atoms with Crippen LogP contribution in [0.3, 0.4) is 0 Å². The number of aliphatic hydroxyl groups excluding tert-OH is 1. The number of carboxylic acid groups (broad SMARTS) is 2. The molecule has 2 rings (SSSR count). The van der Waals surface area contributed by atoms with Crippen molar-refractivity contribution in [3.05, 3.63) is 29.8 Å². The Labute approximate surface area is 463 Å². The van der Waals surface area contributed by atoms with E-state index in [1.807, 2.05) is 0 Å². The van der Waals surface area contributed by atoms with Gasteiger partial charge in [-0.15, -0.1) is 0 Å². The number of nitrogens with one attached hydrogen (secondary N) is 9. The minimum atomic E-state index is -2.95. The van der Waals surface area contributed by atoms with Gasteiger partial charge in [0.05, 0.1) is 38.7 Å². The summed E-state index contributed by atoms with van der Waals surface area (Å²) in [6.07, 6.45) is 0.605. The highest BCUT2D eigenvalue weighted by Gasteiger charge is 2.40. The van der Waals surface area contributed by atoms with Crippen molar-refractivity contribution < 1.29 is 86.4 Å². The molecule has 0 spiro atoms. The van der Waals surface area contributed by atoms with Gasteiger partial charge in [0.2, 0.25) is 53.2 Å². The number of hydrogen-bond donors (Lipinski definition) is 15. The summed E-state index contributed by atoms with van der Waals surface area (Å²) in [5.41, 5.74) is 11.2. The van der Waals surface area contributed by atoms with Gasteiger partial charge in [-0.2, -0.15) is 0 Å². The van der Waals surface area contributed by atoms with Gasteiger partial charge in [0.1, 0.15) is 42.0 Å². The van der Waals surface area contributed by atoms with E-state index in [9.17, 15) is 68.1 Å². The third-order valence-corrected chi connectivity index (χ3v) is 15.6. The fourth-order valence-electron chi connectivity index (χ4n) is 8.03. The summed E-state index contributed by atoms with van der Waals surface area (Å²) >= 11 is 0. The lowest BCUT2D eigenvalue weighted by Crippen LogP contribution is -2.59. The summed E-state index contributed by atoms with van der Waals surface area (Å²) < 4.78 is 16.2. The topological polar surface area (TPSA) is 472 Å². The summed E-state index contributed by atoms with van der Waals surface area (Å²) in [7, 11) is 1.40. The Morgan fingerprint density at radius 1 is 0.738 bits per heavy atom. The Bertz CT molecular complexity index is 2300. The van der Waals surface area contributed by atoms with Crippen molar-refractivity contribution in [2.24, 2.45) is 22.4 Å². The molecule has 0 saturated carbocycles. The normalized spacial score (nSPS) is 15.7. The van der Waals surface area contributed by atoms with Gasteiger partial charge < -0.3 is 97.9 Å². The molecule has 0 aromatic heterocycles. The molecular weight excluding hydrogens is 1070 g/mol. The first-order valence-corrected chi connectivity index (χ1v) is 27.7. The zero-order chi connectivity index (χ0) is 60.1. The molecule has 448 valence electrons. The molecule has 80 heavy (non-hydrogen) atoms. The van der Waals surface area contributed by atoms with E-state index in [1.54, 1.807) is 13.8 Å². The van der Waals surface area contributed by atoms with Crippen molar-refractivity contribution in [2.75, 3.05) is 67.2 Å². The Morgan fingerprint density at radius 2 is 1.31 bits per heavy atom. The van der Waals surface area contributed by atoms with Crippen molar-refractivity contribution >= 4 is 79.9 Å². The number of phenols is 1. The number of benzene rings is 1. The molecule has 1 aliphatic rings. The average Bonchev–Trinajstić information content (AvgIpc) is 3.92. The maximum atomic E-state index is 14.1. The van der Waals surface area contributed by atoms with E-state index in [2.05, 4.69) is 52.8 Å². The number of hydrogen-bond acceptors (Lipinski definition) is 18. The average molecular weight is 1150 g/mol. The van der Waals surface area contributed by atoms with Crippen LogP contribution in [0.1, 0.15) is 71.3 Å². The van der Waals surface area contributed by atoms with Crippen LogP contribution < -0.4 is 59.3 Å². The second-order valence-electron chi connectivity index (χ2n) is 18.6. The largest absolute Gasteiger partial charge is 0.508 e. The van der Waals surface area contributed by atoms with E-state index in [4.69, 9.17) is 29.9 Å². The smallest absolute Gasteiger partial charge is 0.500 e. The van der Waals surface area contributed by atoms with Gasteiger partial charge in [0, 0.05) is 46.9 Å². The number of carbonyl (C=O) groups is 11. The highest BCUT2D eigenvalue weighted by molar-refractivity contribution is 6.60. The molecule has 1 aromatic carbocycles. The van der Waals surface area contributed by atoms with Crippen LogP contribution in [0.25, 0.3) is 0 Å². The van der Waals surface area contributed by atoms with Crippen molar-refractivity contribution in [3.63, 3.8) is 0 Å². The zero-order valence-electron chi connectivity index (χ0n) is 45.8. The molecule has 0 radical (unpaired) electrons. The Hall–Kier alpha value is -7.52. The van der Waals surface area contributed by atoms with Crippen LogP contribution >= 0.6 is 0 Å². The number of nitrogens with zero attached hydrogens (tertiary/aromatic N) is 2. The summed E-state index contributed by atoms with van der Waals surface area (Å²) in [6.45, 7) is 1.80. The lowest BCUT2D eigenvalue weighted by atomic mass is 9.97. The fraction of sp³-hybridized carbons (Fsp3) is 0.625. The first-order chi connectivity index (χ1) is 37.8. The number of carboxylic acids is 2. The van der Waals surface area contributed by atoms with E-state index in [-0.39, 0.29) is 57.0 Å². The molecule has 17 N–H and O–H groups in total. The molecule has 1 fully saturated rings. The molecule has 9 amide bonds. The van der Waals surface area contributed by atoms with Gasteiger partial charge in [-0.05, 0) is 69.2 Å². The maximum Gasteiger partial charge on any atom is 0.500 e. The highest BCUT2D eigenvalue weighted by Crippen LogP contribution is 2.20. The molecule has 8 atom stereocenters. The first-order valence-electron chi connectivity index (χ1n) is 25.7. The monoisotopic (exact) mass is 1150 g/mol. The van der Waals surface area contributed by atoms with Gasteiger partial charge in [-0.3, -0.25) is 57.7 Å². The van der Waals surface area contributed by atoms with Crippen LogP contribution in [0.5, 0.6) is 5.75 Å². The van der Waals surface area contributed by atoms with Crippen LogP contribution in [0.4, 0.5) is 0 Å². The van der Waals surface area contributed by atoms with E-state index in [0.29, 0.717) is 30.9 Å². The van der Waals surface area contributed by atoms with Gasteiger partial charge >= 0.3 is 20.7 Å². The van der Waals surface area contributed by atoms with Crippen molar-refractivity contribution in [1.82, 2.24) is 52.8 Å². The third kappa shape index (κ3) is 23.8. The highest BCUT2D eigenvalue weighted by atomic mass is 28.4. The Balaban J connectivity index is 2.17. The summed E-state index contributed by atoms with van der Waals surface area (Å²) in [4.78, 5) is 148. The number of nitrogens with two attached hydrogens (primary N) is 2. The molecule has 32 heteroatoms. The Morgan fingerprint density at radius 3 is 1.88 bits per heavy atom. The van der Waals surface area contributed by atoms with Crippen LogP contribution in [0.15, 0.2) is 29.3 Å². The minimum Gasteiger partial charge on any atom is -0.508 e. The minimum absolute atomic E-state index is 0.0287. The van der Waals surface area contributed by atoms with Crippen molar-refractivity contribution in [2.45, 2.75) is 120 Å². The van der Waals surface area contributed by atoms with Gasteiger partial charge in [-0.1, -0.05) is 32.4 Å². The third-order valence-electron chi connectivity index (χ3n) is 12.7. The molecule has 31 nitrogen and oxygen atoms in total. The van der Waals surface area contributed by atoms with E-state index < -0.39 is 155 Å². The van der Waals surface area contributed by atoms with Crippen LogP contribution in [0.2, 0.25) is 6.04 Å². The number of guanidine groups is 1. The van der Waals surface area contributed by atoms with Gasteiger partial charge in [0.15, 0.2) is 5.96 Å². The molecule has 1 heterocycles. The van der Waals surface area contributed by atoms with E-state index in [1.165, 1.54) is 57.4 Å². The zero-order valence-corrected chi connectivity index (χ0v) is 46.8. The van der Waals surface area contributed by atoms with Crippen molar-refractivity contribution in [3.8, 4) is 5.75 Å². The molecule has 1 aromatic rings. The van der Waals surface area contributed by atoms with Crippen LogP contribution in [0, 0.1) is 5.92 Å². The second-order valence-corrected chi connectivity index (χ2v) is 21.7. The SMILES string of the molecule is CC[C@H](C)[C@H](NC(=O)[C@H](Cc1ccc(O)cc1)NC(=O)CNC(=O)[C@@H]1CCCN1C(=O)[C@H](CC(=O)O)NCCC[Si](OC)(OC)OC)C(=O)NCC(=O)N[C@@H](CO)C(=O)N[C@@H](CCCN=C(N)N)C(=O)NCC(=O)N[C@@H](C)C(=O)O. The molecule has 1 saturated heterocycles. The van der Waals surface area contributed by atoms with Crippen molar-refractivity contribution in [1.29, 1.82) is 0 Å². The Kier molecular flexibility index (Phi) is 30.1. The maximum absolute atomic E-state index is 14.1. The quantitative estimate of drug-likeness (QED) is 0.0128. The second kappa shape index (κ2) is 35.2. The lowest BCUT2D eigenvalue weighted by Gasteiger charge is -2.29. The summed E-state index contributed by atoms with van der Waals surface area (Å²) in [6, 6.07) is -3.25. The fourth-order valence-corrected chi connectivity index (χ4v) is 9.75. The van der Waals surface area contributed by atoms with Crippen LogP contribution in [-0.4, -0.2) is 215 Å². The predicted octanol–water partition coefficient (Wildman–Crippen LogP) is -5.40. The number of phenolic OH excluding ortho intramolecular Hbond substituents is 1. The number of aliphatic carboxylic acids is 2.